The van der Waals surface area contributed by atoms with Gasteiger partial charge in [-0.25, -0.2) is 0 Å². The normalized spacial score (nSPS) is 9.96. The SMILES string of the molecule is N#Cc1ccccc1COc1ccccc1C(=O)NCc1ccccc1. The lowest BCUT2D eigenvalue weighted by molar-refractivity contribution is 0.0946. The van der Waals surface area contributed by atoms with Crippen LogP contribution in [0.2, 0.25) is 0 Å². The summed E-state index contributed by atoms with van der Waals surface area (Å²) in [5, 5.41) is 12.1. The summed E-state index contributed by atoms with van der Waals surface area (Å²) in [6.07, 6.45) is 0. The molecular formula is C22H18N2O2. The van der Waals surface area contributed by atoms with Gasteiger partial charge in [0.05, 0.1) is 17.2 Å². The molecule has 0 saturated carbocycles. The zero-order valence-corrected chi connectivity index (χ0v) is 14.2. The molecule has 0 unspecified atom stereocenters. The fraction of sp³-hybridized carbons (Fsp3) is 0.0909. The smallest absolute Gasteiger partial charge is 0.255 e. The molecule has 3 aromatic carbocycles. The molecule has 4 heteroatoms. The third kappa shape index (κ3) is 4.28. The van der Waals surface area contributed by atoms with E-state index >= 15 is 0 Å². The van der Waals surface area contributed by atoms with Crippen LogP contribution < -0.4 is 10.1 Å². The Kier molecular flexibility index (Phi) is 5.64. The largest absolute Gasteiger partial charge is 0.488 e. The Labute approximate surface area is 152 Å². The number of hydrogen-bond donors (Lipinski definition) is 1. The van der Waals surface area contributed by atoms with Crippen molar-refractivity contribution in [3.8, 4) is 11.8 Å². The zero-order chi connectivity index (χ0) is 18.2. The van der Waals surface area contributed by atoms with Crippen LogP contribution in [0.15, 0.2) is 78.9 Å². The number of para-hydroxylation sites is 1. The summed E-state index contributed by atoms with van der Waals surface area (Å²) >= 11 is 0. The van der Waals surface area contributed by atoms with Gasteiger partial charge in [-0.2, -0.15) is 5.26 Å². The molecule has 0 aliphatic rings. The highest BCUT2D eigenvalue weighted by atomic mass is 16.5. The molecule has 0 fully saturated rings. The molecular weight excluding hydrogens is 324 g/mol. The van der Waals surface area contributed by atoms with E-state index in [4.69, 9.17) is 10.00 Å². The maximum absolute atomic E-state index is 12.5. The van der Waals surface area contributed by atoms with E-state index in [1.54, 1.807) is 24.3 Å². The highest BCUT2D eigenvalue weighted by Crippen LogP contribution is 2.20. The van der Waals surface area contributed by atoms with Crippen molar-refractivity contribution in [3.63, 3.8) is 0 Å². The van der Waals surface area contributed by atoms with Crippen molar-refractivity contribution < 1.29 is 9.53 Å². The molecule has 0 aliphatic heterocycles. The van der Waals surface area contributed by atoms with E-state index in [9.17, 15) is 4.79 Å². The minimum atomic E-state index is -0.196. The molecule has 26 heavy (non-hydrogen) atoms. The number of carbonyl (C=O) groups excluding carboxylic acids is 1. The number of nitriles is 1. The van der Waals surface area contributed by atoms with Crippen molar-refractivity contribution >= 4 is 5.91 Å². The van der Waals surface area contributed by atoms with Gasteiger partial charge in [-0.1, -0.05) is 60.7 Å². The fourth-order valence-electron chi connectivity index (χ4n) is 2.56. The molecule has 0 aromatic heterocycles. The van der Waals surface area contributed by atoms with Gasteiger partial charge >= 0.3 is 0 Å². The Bertz CT molecular complexity index is 930. The Balaban J connectivity index is 1.69. The minimum absolute atomic E-state index is 0.196. The van der Waals surface area contributed by atoms with Crippen molar-refractivity contribution in [2.45, 2.75) is 13.2 Å². The van der Waals surface area contributed by atoms with E-state index in [2.05, 4.69) is 11.4 Å². The van der Waals surface area contributed by atoms with Crippen molar-refractivity contribution in [2.75, 3.05) is 0 Å². The van der Waals surface area contributed by atoms with Gasteiger partial charge < -0.3 is 10.1 Å². The van der Waals surface area contributed by atoms with Crippen LogP contribution in [0.5, 0.6) is 5.75 Å². The van der Waals surface area contributed by atoms with Crippen molar-refractivity contribution in [3.05, 3.63) is 101 Å². The van der Waals surface area contributed by atoms with E-state index < -0.39 is 0 Å². The first-order chi connectivity index (χ1) is 12.8. The average molecular weight is 342 g/mol. The molecule has 0 heterocycles. The molecule has 3 aromatic rings. The van der Waals surface area contributed by atoms with E-state index in [-0.39, 0.29) is 12.5 Å². The van der Waals surface area contributed by atoms with Crippen molar-refractivity contribution in [1.29, 1.82) is 5.26 Å². The van der Waals surface area contributed by atoms with Crippen LogP contribution in [0, 0.1) is 11.3 Å². The van der Waals surface area contributed by atoms with Gasteiger partial charge in [0.2, 0.25) is 0 Å². The second-order valence-electron chi connectivity index (χ2n) is 5.72. The standard InChI is InChI=1S/C22H18N2O2/c23-14-18-10-4-5-11-19(18)16-26-21-13-7-6-12-20(21)22(25)24-15-17-8-2-1-3-9-17/h1-13H,15-16H2,(H,24,25). The summed E-state index contributed by atoms with van der Waals surface area (Å²) in [4.78, 5) is 12.5. The molecule has 0 aliphatic carbocycles. The third-order valence-corrected chi connectivity index (χ3v) is 3.95. The second-order valence-corrected chi connectivity index (χ2v) is 5.72. The Hall–Kier alpha value is -3.58. The maximum atomic E-state index is 12.5. The summed E-state index contributed by atoms with van der Waals surface area (Å²) in [5.41, 5.74) is 2.85. The van der Waals surface area contributed by atoms with Crippen LogP contribution in [0.25, 0.3) is 0 Å². The lowest BCUT2D eigenvalue weighted by atomic mass is 10.1. The van der Waals surface area contributed by atoms with Gasteiger partial charge in [0, 0.05) is 12.1 Å². The lowest BCUT2D eigenvalue weighted by Crippen LogP contribution is -2.23. The maximum Gasteiger partial charge on any atom is 0.255 e. The monoisotopic (exact) mass is 342 g/mol. The number of carbonyl (C=O) groups is 1. The van der Waals surface area contributed by atoms with E-state index in [0.29, 0.717) is 23.4 Å². The predicted octanol–water partition coefficient (Wildman–Crippen LogP) is 4.07. The van der Waals surface area contributed by atoms with Crippen molar-refractivity contribution in [1.82, 2.24) is 5.32 Å². The molecule has 3 rings (SSSR count). The zero-order valence-electron chi connectivity index (χ0n) is 14.2. The predicted molar refractivity (Wildman–Crippen MR) is 99.5 cm³/mol. The van der Waals surface area contributed by atoms with Gasteiger partial charge in [0.1, 0.15) is 12.4 Å². The van der Waals surface area contributed by atoms with Crippen LogP contribution in [0.4, 0.5) is 0 Å². The highest BCUT2D eigenvalue weighted by molar-refractivity contribution is 5.96. The van der Waals surface area contributed by atoms with Crippen LogP contribution in [-0.4, -0.2) is 5.91 Å². The Morgan fingerprint density at radius 1 is 0.923 bits per heavy atom. The summed E-state index contributed by atoms with van der Waals surface area (Å²) in [7, 11) is 0. The molecule has 0 bridgehead atoms. The topological polar surface area (TPSA) is 62.1 Å². The number of amides is 1. The molecule has 1 N–H and O–H groups in total. The van der Waals surface area contributed by atoms with Crippen LogP contribution in [0.1, 0.15) is 27.0 Å². The molecule has 0 saturated heterocycles. The highest BCUT2D eigenvalue weighted by Gasteiger charge is 2.12. The number of benzene rings is 3. The van der Waals surface area contributed by atoms with E-state index in [1.807, 2.05) is 54.6 Å². The Morgan fingerprint density at radius 3 is 2.42 bits per heavy atom. The lowest BCUT2D eigenvalue weighted by Gasteiger charge is -2.12. The van der Waals surface area contributed by atoms with E-state index in [0.717, 1.165) is 11.1 Å². The number of rotatable bonds is 6. The number of nitrogens with one attached hydrogen (secondary N) is 1. The minimum Gasteiger partial charge on any atom is -0.488 e. The van der Waals surface area contributed by atoms with Crippen LogP contribution in [0.3, 0.4) is 0 Å². The first-order valence-corrected chi connectivity index (χ1v) is 8.30. The number of nitrogens with zero attached hydrogens (tertiary/aromatic N) is 1. The van der Waals surface area contributed by atoms with Gasteiger partial charge in [-0.3, -0.25) is 4.79 Å². The summed E-state index contributed by atoms with van der Waals surface area (Å²) < 4.78 is 5.83. The summed E-state index contributed by atoms with van der Waals surface area (Å²) in [6.45, 7) is 0.679. The molecule has 128 valence electrons. The molecule has 4 nitrogen and oxygen atoms in total. The summed E-state index contributed by atoms with van der Waals surface area (Å²) in [6, 6.07) is 26.2. The number of hydrogen-bond acceptors (Lipinski definition) is 3. The average Bonchev–Trinajstić information content (AvgIpc) is 2.71. The van der Waals surface area contributed by atoms with Gasteiger partial charge in [0.15, 0.2) is 0 Å². The van der Waals surface area contributed by atoms with Crippen LogP contribution >= 0.6 is 0 Å². The number of ether oxygens (including phenoxy) is 1. The molecule has 1 amide bonds. The molecule has 0 radical (unpaired) electrons. The summed E-state index contributed by atoms with van der Waals surface area (Å²) in [5.74, 6) is 0.295. The third-order valence-electron chi connectivity index (χ3n) is 3.95. The van der Waals surface area contributed by atoms with Crippen molar-refractivity contribution in [2.24, 2.45) is 0 Å². The van der Waals surface area contributed by atoms with Crippen LogP contribution in [-0.2, 0) is 13.2 Å². The van der Waals surface area contributed by atoms with Gasteiger partial charge in [-0.05, 0) is 23.8 Å². The molecule has 0 spiro atoms. The van der Waals surface area contributed by atoms with Gasteiger partial charge in [0.25, 0.3) is 5.91 Å². The first-order valence-electron chi connectivity index (χ1n) is 8.30. The van der Waals surface area contributed by atoms with E-state index in [1.165, 1.54) is 0 Å². The first kappa shape index (κ1) is 17.2. The fourth-order valence-corrected chi connectivity index (χ4v) is 2.56. The second kappa shape index (κ2) is 8.50. The molecule has 0 atom stereocenters. The Morgan fingerprint density at radius 2 is 1.62 bits per heavy atom. The van der Waals surface area contributed by atoms with Gasteiger partial charge in [-0.15, -0.1) is 0 Å². The quantitative estimate of drug-likeness (QED) is 0.734.